The van der Waals surface area contributed by atoms with Crippen LogP contribution in [0.25, 0.3) is 0 Å². The summed E-state index contributed by atoms with van der Waals surface area (Å²) in [5.41, 5.74) is 1.21. The third-order valence-corrected chi connectivity index (χ3v) is 4.84. The standard InChI is InChI=1S/C18H31N3OS/c1-15(12-22-13-16-9-7-6-8-10-16)11-20-17(19-4)21-14-18(2,3)23-5/h6-10,15H,11-14H2,1-5H3,(H2,19,20,21). The van der Waals surface area contributed by atoms with Gasteiger partial charge in [-0.15, -0.1) is 0 Å². The lowest BCUT2D eigenvalue weighted by Crippen LogP contribution is -2.44. The molecule has 23 heavy (non-hydrogen) atoms. The van der Waals surface area contributed by atoms with E-state index < -0.39 is 0 Å². The predicted octanol–water partition coefficient (Wildman–Crippen LogP) is 3.15. The van der Waals surface area contributed by atoms with E-state index in [0.717, 1.165) is 25.7 Å². The molecule has 0 saturated heterocycles. The third kappa shape index (κ3) is 8.86. The summed E-state index contributed by atoms with van der Waals surface area (Å²) in [6.45, 7) is 9.74. The first kappa shape index (κ1) is 19.8. The van der Waals surface area contributed by atoms with E-state index >= 15 is 0 Å². The first-order chi connectivity index (χ1) is 11.0. The molecule has 1 atom stereocenters. The van der Waals surface area contributed by atoms with E-state index in [9.17, 15) is 0 Å². The van der Waals surface area contributed by atoms with E-state index in [1.54, 1.807) is 7.05 Å². The van der Waals surface area contributed by atoms with Crippen molar-refractivity contribution in [1.82, 2.24) is 10.6 Å². The van der Waals surface area contributed by atoms with Crippen LogP contribution in [0, 0.1) is 5.92 Å². The van der Waals surface area contributed by atoms with Crippen molar-refractivity contribution >= 4 is 17.7 Å². The molecule has 0 heterocycles. The highest BCUT2D eigenvalue weighted by Gasteiger charge is 2.16. The minimum Gasteiger partial charge on any atom is -0.376 e. The fourth-order valence-electron chi connectivity index (χ4n) is 1.87. The topological polar surface area (TPSA) is 45.7 Å². The number of thioether (sulfide) groups is 1. The lowest BCUT2D eigenvalue weighted by Gasteiger charge is -2.24. The summed E-state index contributed by atoms with van der Waals surface area (Å²) in [6.07, 6.45) is 2.13. The van der Waals surface area contributed by atoms with Gasteiger partial charge < -0.3 is 15.4 Å². The number of hydrogen-bond donors (Lipinski definition) is 2. The van der Waals surface area contributed by atoms with Crippen LogP contribution in [0.5, 0.6) is 0 Å². The average molecular weight is 338 g/mol. The molecule has 0 spiro atoms. The summed E-state index contributed by atoms with van der Waals surface area (Å²) in [6, 6.07) is 10.3. The van der Waals surface area contributed by atoms with Crippen molar-refractivity contribution in [2.45, 2.75) is 32.1 Å². The predicted molar refractivity (Wildman–Crippen MR) is 102 cm³/mol. The highest BCUT2D eigenvalue weighted by atomic mass is 32.2. The zero-order valence-electron chi connectivity index (χ0n) is 15.1. The Bertz CT molecular complexity index is 463. The van der Waals surface area contributed by atoms with Gasteiger partial charge in [-0.1, -0.05) is 37.3 Å². The molecule has 1 rings (SSSR count). The Morgan fingerprint density at radius 1 is 1.26 bits per heavy atom. The Morgan fingerprint density at radius 2 is 1.96 bits per heavy atom. The van der Waals surface area contributed by atoms with Crippen LogP contribution in [0.2, 0.25) is 0 Å². The molecule has 0 aromatic heterocycles. The Labute approximate surface area is 145 Å². The van der Waals surface area contributed by atoms with Crippen LogP contribution in [-0.4, -0.2) is 43.7 Å². The molecule has 1 aromatic carbocycles. The van der Waals surface area contributed by atoms with E-state index in [4.69, 9.17) is 4.74 Å². The summed E-state index contributed by atoms with van der Waals surface area (Å²) in [4.78, 5) is 4.27. The normalized spacial score (nSPS) is 13.7. The Hall–Kier alpha value is -1.20. The van der Waals surface area contributed by atoms with E-state index in [-0.39, 0.29) is 4.75 Å². The van der Waals surface area contributed by atoms with Crippen LogP contribution in [-0.2, 0) is 11.3 Å². The second-order valence-corrected chi connectivity index (χ2v) is 7.89. The Morgan fingerprint density at radius 3 is 2.57 bits per heavy atom. The van der Waals surface area contributed by atoms with Gasteiger partial charge in [-0.25, -0.2) is 0 Å². The number of benzene rings is 1. The minimum absolute atomic E-state index is 0.196. The van der Waals surface area contributed by atoms with E-state index in [1.807, 2.05) is 30.0 Å². The van der Waals surface area contributed by atoms with Gasteiger partial charge in [0, 0.05) is 24.9 Å². The molecule has 0 aliphatic carbocycles. The van der Waals surface area contributed by atoms with Gasteiger partial charge in [0.05, 0.1) is 13.2 Å². The number of rotatable bonds is 9. The lowest BCUT2D eigenvalue weighted by atomic mass is 10.2. The number of hydrogen-bond acceptors (Lipinski definition) is 3. The quantitative estimate of drug-likeness (QED) is 0.537. The van der Waals surface area contributed by atoms with Gasteiger partial charge in [-0.05, 0) is 31.6 Å². The van der Waals surface area contributed by atoms with Gasteiger partial charge in [0.1, 0.15) is 0 Å². The molecular weight excluding hydrogens is 306 g/mol. The Balaban J connectivity index is 2.21. The molecule has 0 saturated carbocycles. The summed E-state index contributed by atoms with van der Waals surface area (Å²) >= 11 is 1.85. The summed E-state index contributed by atoms with van der Waals surface area (Å²) in [5, 5.41) is 6.74. The molecule has 2 N–H and O–H groups in total. The maximum Gasteiger partial charge on any atom is 0.191 e. The number of aliphatic imine (C=N–C) groups is 1. The molecule has 0 fully saturated rings. The summed E-state index contributed by atoms with van der Waals surface area (Å²) in [7, 11) is 1.80. The van der Waals surface area contributed by atoms with Crippen LogP contribution >= 0.6 is 11.8 Å². The molecule has 4 nitrogen and oxygen atoms in total. The van der Waals surface area contributed by atoms with E-state index in [2.05, 4.69) is 54.8 Å². The number of ether oxygens (including phenoxy) is 1. The van der Waals surface area contributed by atoms with Crippen LogP contribution in [0.3, 0.4) is 0 Å². The van der Waals surface area contributed by atoms with Gasteiger partial charge >= 0.3 is 0 Å². The molecule has 130 valence electrons. The van der Waals surface area contributed by atoms with Crippen LogP contribution in [0.4, 0.5) is 0 Å². The fourth-order valence-corrected chi connectivity index (χ4v) is 2.09. The van der Waals surface area contributed by atoms with Crippen molar-refractivity contribution < 1.29 is 4.74 Å². The number of nitrogens with one attached hydrogen (secondary N) is 2. The van der Waals surface area contributed by atoms with Crippen LogP contribution in [0.15, 0.2) is 35.3 Å². The van der Waals surface area contributed by atoms with Gasteiger partial charge in [0.25, 0.3) is 0 Å². The van der Waals surface area contributed by atoms with Crippen molar-refractivity contribution in [1.29, 1.82) is 0 Å². The first-order valence-corrected chi connectivity index (χ1v) is 9.30. The summed E-state index contributed by atoms with van der Waals surface area (Å²) in [5.74, 6) is 1.27. The monoisotopic (exact) mass is 337 g/mol. The number of guanidine groups is 1. The molecule has 1 unspecified atom stereocenters. The number of nitrogens with zero attached hydrogens (tertiary/aromatic N) is 1. The highest BCUT2D eigenvalue weighted by Crippen LogP contribution is 2.19. The van der Waals surface area contributed by atoms with Crippen LogP contribution in [0.1, 0.15) is 26.3 Å². The zero-order valence-corrected chi connectivity index (χ0v) is 15.9. The van der Waals surface area contributed by atoms with E-state index in [0.29, 0.717) is 12.5 Å². The lowest BCUT2D eigenvalue weighted by molar-refractivity contribution is 0.0931. The van der Waals surface area contributed by atoms with Crippen molar-refractivity contribution in [3.05, 3.63) is 35.9 Å². The Kier molecular flexibility index (Phi) is 9.10. The molecule has 5 heteroatoms. The molecule has 1 aromatic rings. The molecule has 0 amide bonds. The molecule has 0 aliphatic heterocycles. The minimum atomic E-state index is 0.196. The van der Waals surface area contributed by atoms with Crippen molar-refractivity contribution in [3.63, 3.8) is 0 Å². The molecular formula is C18H31N3OS. The SMILES string of the molecule is CN=C(NCC(C)COCc1ccccc1)NCC(C)(C)SC. The first-order valence-electron chi connectivity index (χ1n) is 8.08. The van der Waals surface area contributed by atoms with Gasteiger partial charge in [0.15, 0.2) is 5.96 Å². The maximum atomic E-state index is 5.78. The average Bonchev–Trinajstić information content (AvgIpc) is 2.56. The second kappa shape index (κ2) is 10.6. The van der Waals surface area contributed by atoms with Gasteiger partial charge in [0.2, 0.25) is 0 Å². The van der Waals surface area contributed by atoms with Crippen molar-refractivity contribution in [2.24, 2.45) is 10.9 Å². The van der Waals surface area contributed by atoms with Gasteiger partial charge in [-0.2, -0.15) is 11.8 Å². The smallest absolute Gasteiger partial charge is 0.191 e. The maximum absolute atomic E-state index is 5.78. The van der Waals surface area contributed by atoms with Crippen molar-refractivity contribution in [3.8, 4) is 0 Å². The second-order valence-electron chi connectivity index (χ2n) is 6.38. The highest BCUT2D eigenvalue weighted by molar-refractivity contribution is 7.99. The fraction of sp³-hybridized carbons (Fsp3) is 0.611. The zero-order chi connectivity index (χ0) is 17.1. The summed E-state index contributed by atoms with van der Waals surface area (Å²) < 4.78 is 5.97. The third-order valence-electron chi connectivity index (χ3n) is 3.59. The molecule has 0 bridgehead atoms. The van der Waals surface area contributed by atoms with E-state index in [1.165, 1.54) is 5.56 Å². The molecule has 0 radical (unpaired) electrons. The largest absolute Gasteiger partial charge is 0.376 e. The van der Waals surface area contributed by atoms with Gasteiger partial charge in [-0.3, -0.25) is 4.99 Å². The van der Waals surface area contributed by atoms with Crippen LogP contribution < -0.4 is 10.6 Å². The van der Waals surface area contributed by atoms with Crippen molar-refractivity contribution in [2.75, 3.05) is 33.0 Å². The molecule has 0 aliphatic rings.